The van der Waals surface area contributed by atoms with Gasteiger partial charge in [0, 0.05) is 49.4 Å². The first-order chi connectivity index (χ1) is 24.4. The van der Waals surface area contributed by atoms with Gasteiger partial charge in [-0.1, -0.05) is 0 Å². The second-order valence-corrected chi connectivity index (χ2v) is 15.3. The molecule has 5 aromatic rings. The number of carbonyl (C=O) groups excluding carboxylic acids is 2. The van der Waals surface area contributed by atoms with Crippen molar-refractivity contribution >= 4 is 33.9 Å². The first-order valence-corrected chi connectivity index (χ1v) is 18.0. The summed E-state index contributed by atoms with van der Waals surface area (Å²) in [5.74, 6) is 2.13. The Hall–Kier alpha value is -4.81. The van der Waals surface area contributed by atoms with E-state index in [1.807, 2.05) is 47.7 Å². The van der Waals surface area contributed by atoms with Crippen molar-refractivity contribution in [2.24, 2.45) is 24.6 Å². The summed E-state index contributed by atoms with van der Waals surface area (Å²) in [4.78, 5) is 43.5. The molecule has 51 heavy (non-hydrogen) atoms. The molecule has 3 fully saturated rings. The maximum atomic E-state index is 13.9. The van der Waals surface area contributed by atoms with Crippen LogP contribution in [0.15, 0.2) is 48.7 Å². The van der Waals surface area contributed by atoms with Crippen molar-refractivity contribution in [1.82, 2.24) is 34.3 Å². The largest absolute Gasteiger partial charge is 0.494 e. The number of rotatable bonds is 9. The van der Waals surface area contributed by atoms with Crippen molar-refractivity contribution in [2.75, 3.05) is 13.7 Å². The smallest absolute Gasteiger partial charge is 0.254 e. The quantitative estimate of drug-likeness (QED) is 0.194. The maximum absolute atomic E-state index is 13.9. The summed E-state index contributed by atoms with van der Waals surface area (Å²) < 4.78 is 10.2. The number of methoxy groups -OCH3 is 1. The van der Waals surface area contributed by atoms with E-state index in [1.54, 1.807) is 33.1 Å². The number of nitrogens with two attached hydrogens (primary N) is 1. The lowest BCUT2D eigenvalue weighted by Crippen LogP contribution is -2.51. The highest BCUT2D eigenvalue weighted by atomic mass is 16.5. The van der Waals surface area contributed by atoms with Crippen LogP contribution in [-0.2, 0) is 19.2 Å². The highest BCUT2D eigenvalue weighted by Crippen LogP contribution is 2.40. The van der Waals surface area contributed by atoms with Gasteiger partial charge in [-0.2, -0.15) is 0 Å². The highest BCUT2D eigenvalue weighted by Gasteiger charge is 2.41. The Morgan fingerprint density at radius 3 is 2.59 bits per heavy atom. The van der Waals surface area contributed by atoms with Crippen molar-refractivity contribution < 1.29 is 19.4 Å². The van der Waals surface area contributed by atoms with E-state index in [2.05, 4.69) is 20.9 Å². The second-order valence-electron chi connectivity index (χ2n) is 15.3. The summed E-state index contributed by atoms with van der Waals surface area (Å²) in [5, 5.41) is 14.3. The lowest BCUT2D eigenvalue weighted by molar-refractivity contribution is 0.0603. The number of likely N-dealkylation sites (tertiary alicyclic amines) is 1. The molecule has 2 saturated carbocycles. The minimum Gasteiger partial charge on any atom is -0.494 e. The van der Waals surface area contributed by atoms with Gasteiger partial charge >= 0.3 is 0 Å². The van der Waals surface area contributed by atoms with Crippen LogP contribution >= 0.6 is 0 Å². The van der Waals surface area contributed by atoms with E-state index >= 15 is 0 Å². The van der Waals surface area contributed by atoms with Crippen LogP contribution < -0.4 is 15.8 Å². The standard InChI is InChI=1S/C39H46N8O4/c1-21(42-37(48)25-10-13-33(41-18-25)39(2,3)50)29-12-9-24-16-31(47(35(24)43-29)19-22-6-7-22)36-44-30-15-26(17-32(51-5)34(30)45(36)4)38(49)46-20-28(40)23-8-11-27(46)14-23/h9-10,12-13,15-18,21-23,27-28,50H,6-8,11,14,19-20,40H2,1-5H3,(H,42,48)/t21-,23-,27+,28+/m1/s1. The Morgan fingerprint density at radius 2 is 1.88 bits per heavy atom. The second kappa shape index (κ2) is 12.4. The molecule has 12 heteroatoms. The fourth-order valence-electron chi connectivity index (χ4n) is 7.98. The third-order valence-electron chi connectivity index (χ3n) is 11.1. The molecule has 266 valence electrons. The number of fused-ring (bicyclic) bond motifs is 4. The molecule has 8 rings (SSSR count). The number of aromatic nitrogens is 5. The molecule has 4 atom stereocenters. The number of hydrogen-bond acceptors (Lipinski definition) is 8. The van der Waals surface area contributed by atoms with Gasteiger partial charge in [0.2, 0.25) is 0 Å². The lowest BCUT2D eigenvalue weighted by Gasteiger charge is -2.37. The van der Waals surface area contributed by atoms with Gasteiger partial charge in [-0.15, -0.1) is 0 Å². The normalized spacial score (nSPS) is 21.0. The molecular formula is C39H46N8O4. The van der Waals surface area contributed by atoms with Gasteiger partial charge in [-0.05, 0) is 107 Å². The van der Waals surface area contributed by atoms with E-state index in [4.69, 9.17) is 20.4 Å². The van der Waals surface area contributed by atoms with Crippen LogP contribution in [0.25, 0.3) is 33.6 Å². The Kier molecular flexibility index (Phi) is 8.14. The summed E-state index contributed by atoms with van der Waals surface area (Å²) in [6.07, 6.45) is 6.86. The van der Waals surface area contributed by atoms with Crippen molar-refractivity contribution in [2.45, 2.75) is 83.1 Å². The third-order valence-corrected chi connectivity index (χ3v) is 11.1. The van der Waals surface area contributed by atoms with E-state index in [0.29, 0.717) is 46.5 Å². The monoisotopic (exact) mass is 690 g/mol. The number of piperidine rings is 1. The fourth-order valence-corrected chi connectivity index (χ4v) is 7.98. The SMILES string of the molecule is COc1cc(C(=O)N2C[C@H](N)[C@@H]3CC[C@H]2C3)cc2nc(-c3cc4ccc([C@@H](C)NC(=O)c5ccc(C(C)(C)O)nc5)nc4n3CC3CC3)n(C)c12. The van der Waals surface area contributed by atoms with Crippen molar-refractivity contribution in [3.8, 4) is 17.3 Å². The van der Waals surface area contributed by atoms with Crippen LogP contribution in [-0.4, -0.2) is 71.6 Å². The van der Waals surface area contributed by atoms with Gasteiger partial charge in [0.1, 0.15) is 22.5 Å². The molecule has 1 saturated heterocycles. The number of imidazole rings is 1. The molecule has 0 unspecified atom stereocenters. The van der Waals surface area contributed by atoms with Crippen LogP contribution in [0.1, 0.15) is 91.0 Å². The first kappa shape index (κ1) is 33.3. The molecule has 0 spiro atoms. The van der Waals surface area contributed by atoms with E-state index in [1.165, 1.54) is 6.20 Å². The number of benzene rings is 1. The predicted octanol–water partition coefficient (Wildman–Crippen LogP) is 5.07. The Balaban J connectivity index is 1.12. The van der Waals surface area contributed by atoms with E-state index < -0.39 is 5.60 Å². The lowest BCUT2D eigenvalue weighted by atomic mass is 9.94. The molecule has 12 nitrogen and oxygen atoms in total. The Labute approximate surface area is 297 Å². The third kappa shape index (κ3) is 6.03. The summed E-state index contributed by atoms with van der Waals surface area (Å²) >= 11 is 0. The Morgan fingerprint density at radius 1 is 1.08 bits per heavy atom. The van der Waals surface area contributed by atoms with Crippen molar-refractivity contribution in [3.63, 3.8) is 0 Å². The zero-order valence-corrected chi connectivity index (χ0v) is 29.9. The average molecular weight is 691 g/mol. The number of hydrogen-bond donors (Lipinski definition) is 3. The van der Waals surface area contributed by atoms with E-state index in [0.717, 1.165) is 72.4 Å². The number of ether oxygens (including phenoxy) is 1. The van der Waals surface area contributed by atoms with Crippen molar-refractivity contribution in [1.29, 1.82) is 0 Å². The summed E-state index contributed by atoms with van der Waals surface area (Å²) in [6.45, 7) is 6.61. The average Bonchev–Trinajstić information content (AvgIpc) is 3.58. The number of amides is 2. The van der Waals surface area contributed by atoms with Crippen LogP contribution in [0.2, 0.25) is 0 Å². The molecule has 4 N–H and O–H groups in total. The molecule has 2 amide bonds. The van der Waals surface area contributed by atoms with Crippen LogP contribution in [0, 0.1) is 11.8 Å². The number of pyridine rings is 2. The molecular weight excluding hydrogens is 644 g/mol. The molecule has 5 heterocycles. The molecule has 2 bridgehead atoms. The van der Waals surface area contributed by atoms with E-state index in [-0.39, 0.29) is 29.9 Å². The molecule has 4 aromatic heterocycles. The van der Waals surface area contributed by atoms with Gasteiger partial charge in [0.25, 0.3) is 11.8 Å². The van der Waals surface area contributed by atoms with Crippen LogP contribution in [0.3, 0.4) is 0 Å². The Bertz CT molecular complexity index is 2160. The molecule has 3 aliphatic rings. The molecule has 0 radical (unpaired) electrons. The van der Waals surface area contributed by atoms with Gasteiger partial charge in [-0.25, -0.2) is 9.97 Å². The highest BCUT2D eigenvalue weighted by molar-refractivity contribution is 6.00. The van der Waals surface area contributed by atoms with E-state index in [9.17, 15) is 14.7 Å². The van der Waals surface area contributed by atoms with Crippen LogP contribution in [0.5, 0.6) is 5.75 Å². The van der Waals surface area contributed by atoms with Gasteiger partial charge in [0.15, 0.2) is 5.82 Å². The van der Waals surface area contributed by atoms with Gasteiger partial charge < -0.3 is 34.9 Å². The van der Waals surface area contributed by atoms with Gasteiger partial charge in [0.05, 0.1) is 41.3 Å². The number of nitrogens with one attached hydrogen (secondary N) is 1. The number of aryl methyl sites for hydroxylation is 1. The minimum absolute atomic E-state index is 0.0106. The topological polar surface area (TPSA) is 153 Å². The summed E-state index contributed by atoms with van der Waals surface area (Å²) in [7, 11) is 3.61. The molecule has 2 aliphatic carbocycles. The summed E-state index contributed by atoms with van der Waals surface area (Å²) in [5.41, 5.74) is 10.8. The fraction of sp³-hybridized carbons (Fsp3) is 0.462. The predicted molar refractivity (Wildman–Crippen MR) is 194 cm³/mol. The maximum Gasteiger partial charge on any atom is 0.254 e. The minimum atomic E-state index is -1.09. The zero-order valence-electron chi connectivity index (χ0n) is 29.9. The number of nitrogens with zero attached hydrogens (tertiary/aromatic N) is 6. The number of carbonyl (C=O) groups is 2. The first-order valence-electron chi connectivity index (χ1n) is 18.0. The number of aliphatic hydroxyl groups is 1. The van der Waals surface area contributed by atoms with Crippen molar-refractivity contribution in [3.05, 3.63) is 71.2 Å². The molecule has 1 aromatic carbocycles. The van der Waals surface area contributed by atoms with Crippen LogP contribution in [0.4, 0.5) is 0 Å². The molecule has 1 aliphatic heterocycles. The summed E-state index contributed by atoms with van der Waals surface area (Å²) in [6, 6.07) is 13.1. The van der Waals surface area contributed by atoms with Gasteiger partial charge in [-0.3, -0.25) is 14.6 Å². The zero-order chi connectivity index (χ0) is 35.8.